The number of nitrogens with zero attached hydrogens (tertiary/aromatic N) is 2. The third-order valence-electron chi connectivity index (χ3n) is 5.38. The molecule has 1 aliphatic rings. The molecule has 0 spiro atoms. The van der Waals surface area contributed by atoms with E-state index in [2.05, 4.69) is 0 Å². The highest BCUT2D eigenvalue weighted by atomic mass is 19.4. The number of carbonyl (C=O) groups is 3. The third kappa shape index (κ3) is 6.85. The number of aliphatic carboxylic acids is 1. The number of amides is 2. The molecule has 0 radical (unpaired) electrons. The molecule has 3 atom stereocenters. The molecular weight excluding hydrogens is 441 g/mol. The molecule has 0 aromatic heterocycles. The Hall–Kier alpha value is -2.78. The zero-order valence-corrected chi connectivity index (χ0v) is 19.4. The summed E-state index contributed by atoms with van der Waals surface area (Å²) in [5, 5.41) is 9.51. The summed E-state index contributed by atoms with van der Waals surface area (Å²) in [5.41, 5.74) is -0.193. The van der Waals surface area contributed by atoms with Crippen LogP contribution >= 0.6 is 0 Å². The topological polar surface area (TPSA) is 87.2 Å². The van der Waals surface area contributed by atoms with Crippen molar-refractivity contribution in [2.75, 3.05) is 6.54 Å². The summed E-state index contributed by atoms with van der Waals surface area (Å²) in [6, 6.07) is 5.94. The number of carboxylic acid groups (broad SMARTS) is 1. The smallest absolute Gasteiger partial charge is 0.411 e. The van der Waals surface area contributed by atoms with Gasteiger partial charge in [-0.1, -0.05) is 44.2 Å². The van der Waals surface area contributed by atoms with Gasteiger partial charge >= 0.3 is 18.2 Å². The van der Waals surface area contributed by atoms with Crippen molar-refractivity contribution < 1.29 is 37.4 Å². The molecule has 1 aliphatic heterocycles. The van der Waals surface area contributed by atoms with E-state index in [1.54, 1.807) is 65.0 Å². The van der Waals surface area contributed by atoms with Gasteiger partial charge in [0.15, 0.2) is 0 Å². The fraction of sp³-hybridized carbons (Fsp3) is 0.609. The first-order valence-corrected chi connectivity index (χ1v) is 10.8. The van der Waals surface area contributed by atoms with E-state index in [1.807, 2.05) is 0 Å². The van der Waals surface area contributed by atoms with Crippen LogP contribution in [0.25, 0.3) is 0 Å². The van der Waals surface area contributed by atoms with Gasteiger partial charge < -0.3 is 14.7 Å². The summed E-state index contributed by atoms with van der Waals surface area (Å²) < 4.78 is 45.5. The van der Waals surface area contributed by atoms with Crippen LogP contribution in [0.1, 0.15) is 46.6 Å². The van der Waals surface area contributed by atoms with Crippen molar-refractivity contribution in [3.05, 3.63) is 35.9 Å². The van der Waals surface area contributed by atoms with Crippen LogP contribution < -0.4 is 0 Å². The van der Waals surface area contributed by atoms with Crippen molar-refractivity contribution >= 4 is 18.0 Å². The first kappa shape index (κ1) is 26.5. The van der Waals surface area contributed by atoms with E-state index >= 15 is 0 Å². The lowest BCUT2D eigenvalue weighted by atomic mass is 9.99. The van der Waals surface area contributed by atoms with Gasteiger partial charge in [0, 0.05) is 13.1 Å². The van der Waals surface area contributed by atoms with E-state index in [1.165, 1.54) is 4.90 Å². The molecule has 1 saturated heterocycles. The van der Waals surface area contributed by atoms with Gasteiger partial charge in [0.25, 0.3) is 0 Å². The van der Waals surface area contributed by atoms with Crippen LogP contribution in [0.15, 0.2) is 30.3 Å². The lowest BCUT2D eigenvalue weighted by Gasteiger charge is -2.37. The SMILES string of the molecule is CC(C)[C@@H](C(=O)N1C[C@H](C(F)(F)F)C[C@H]1C(=O)O)N(Cc1ccccc1)C(=O)OC(C)(C)C. The van der Waals surface area contributed by atoms with Gasteiger partial charge in [-0.15, -0.1) is 0 Å². The van der Waals surface area contributed by atoms with Crippen LogP contribution in [-0.4, -0.2) is 63.3 Å². The Morgan fingerprint density at radius 1 is 1.15 bits per heavy atom. The summed E-state index contributed by atoms with van der Waals surface area (Å²) in [6.45, 7) is 7.48. The van der Waals surface area contributed by atoms with E-state index in [0.29, 0.717) is 5.56 Å². The number of hydrogen-bond acceptors (Lipinski definition) is 4. The zero-order valence-electron chi connectivity index (χ0n) is 19.4. The molecule has 2 rings (SSSR count). The van der Waals surface area contributed by atoms with Gasteiger partial charge in [-0.05, 0) is 38.7 Å². The number of carboxylic acids is 1. The normalized spacial score (nSPS) is 20.0. The van der Waals surface area contributed by atoms with Crippen molar-refractivity contribution in [1.82, 2.24) is 9.80 Å². The highest BCUT2D eigenvalue weighted by Gasteiger charge is 2.52. The van der Waals surface area contributed by atoms with Gasteiger partial charge in [-0.25, -0.2) is 9.59 Å². The molecule has 1 heterocycles. The van der Waals surface area contributed by atoms with Crippen LogP contribution in [0.5, 0.6) is 0 Å². The second-order valence-electron chi connectivity index (χ2n) is 9.60. The van der Waals surface area contributed by atoms with E-state index in [9.17, 15) is 32.7 Å². The molecule has 7 nitrogen and oxygen atoms in total. The van der Waals surface area contributed by atoms with Gasteiger partial charge in [-0.3, -0.25) is 9.69 Å². The van der Waals surface area contributed by atoms with E-state index < -0.39 is 66.6 Å². The molecule has 1 fully saturated rings. The quantitative estimate of drug-likeness (QED) is 0.667. The molecule has 0 unspecified atom stereocenters. The summed E-state index contributed by atoms with van der Waals surface area (Å²) >= 11 is 0. The summed E-state index contributed by atoms with van der Waals surface area (Å²) in [4.78, 5) is 40.2. The fourth-order valence-electron chi connectivity index (χ4n) is 3.88. The molecule has 0 saturated carbocycles. The highest BCUT2D eigenvalue weighted by Crippen LogP contribution is 2.37. The van der Waals surface area contributed by atoms with Crippen molar-refractivity contribution in [1.29, 1.82) is 0 Å². The molecule has 184 valence electrons. The number of hydrogen-bond donors (Lipinski definition) is 1. The number of likely N-dealkylation sites (tertiary alicyclic amines) is 1. The number of carbonyl (C=O) groups excluding carboxylic acids is 2. The van der Waals surface area contributed by atoms with Crippen LogP contribution in [0, 0.1) is 11.8 Å². The number of halogens is 3. The van der Waals surface area contributed by atoms with E-state index in [0.717, 1.165) is 4.90 Å². The second kappa shape index (κ2) is 10.0. The second-order valence-corrected chi connectivity index (χ2v) is 9.60. The van der Waals surface area contributed by atoms with Crippen LogP contribution in [0.2, 0.25) is 0 Å². The van der Waals surface area contributed by atoms with Crippen LogP contribution in [0.4, 0.5) is 18.0 Å². The highest BCUT2D eigenvalue weighted by molar-refractivity contribution is 5.90. The Kier molecular flexibility index (Phi) is 8.03. The number of ether oxygens (including phenoxy) is 1. The largest absolute Gasteiger partial charge is 0.480 e. The molecule has 1 aromatic carbocycles. The van der Waals surface area contributed by atoms with Crippen molar-refractivity contribution in [3.8, 4) is 0 Å². The van der Waals surface area contributed by atoms with Gasteiger partial charge in [0.2, 0.25) is 5.91 Å². The Bertz CT molecular complexity index is 852. The Morgan fingerprint density at radius 3 is 2.18 bits per heavy atom. The zero-order chi connectivity index (χ0) is 25.1. The predicted octanol–water partition coefficient (Wildman–Crippen LogP) is 4.31. The summed E-state index contributed by atoms with van der Waals surface area (Å²) in [6.07, 6.45) is -6.16. The van der Waals surface area contributed by atoms with Crippen molar-refractivity contribution in [2.45, 2.75) is 71.4 Å². The molecular formula is C23H31F3N2O5. The first-order valence-electron chi connectivity index (χ1n) is 10.8. The fourth-order valence-corrected chi connectivity index (χ4v) is 3.88. The molecule has 33 heavy (non-hydrogen) atoms. The molecule has 10 heteroatoms. The van der Waals surface area contributed by atoms with Crippen LogP contribution in [0.3, 0.4) is 0 Å². The summed E-state index contributed by atoms with van der Waals surface area (Å²) in [7, 11) is 0. The maximum absolute atomic E-state index is 13.5. The Labute approximate surface area is 191 Å². The summed E-state index contributed by atoms with van der Waals surface area (Å²) in [5.74, 6) is -4.82. The number of alkyl halides is 3. The molecule has 0 bridgehead atoms. The standard InChI is InChI=1S/C23H31F3N2O5/c1-14(2)18(19(29)27-13-16(23(24,25)26)11-17(27)20(30)31)28(21(32)33-22(3,4)5)12-15-9-7-6-8-10-15/h6-10,14,16-18H,11-13H2,1-5H3,(H,30,31)/t16-,17+,18+/m1/s1. The Balaban J connectivity index is 2.45. The maximum atomic E-state index is 13.5. The minimum Gasteiger partial charge on any atom is -0.480 e. The number of rotatable bonds is 6. The minimum absolute atomic E-state index is 0.0291. The average molecular weight is 473 g/mol. The lowest BCUT2D eigenvalue weighted by Crippen LogP contribution is -2.56. The van der Waals surface area contributed by atoms with E-state index in [-0.39, 0.29) is 6.54 Å². The first-order chi connectivity index (χ1) is 15.1. The molecule has 2 amide bonds. The molecule has 0 aliphatic carbocycles. The predicted molar refractivity (Wildman–Crippen MR) is 114 cm³/mol. The van der Waals surface area contributed by atoms with Gasteiger partial charge in [0.05, 0.1) is 5.92 Å². The van der Waals surface area contributed by atoms with Gasteiger partial charge in [0.1, 0.15) is 17.7 Å². The molecule has 1 N–H and O–H groups in total. The average Bonchev–Trinajstić information content (AvgIpc) is 3.13. The third-order valence-corrected chi connectivity index (χ3v) is 5.38. The van der Waals surface area contributed by atoms with Crippen molar-refractivity contribution in [2.24, 2.45) is 11.8 Å². The maximum Gasteiger partial charge on any atom is 0.411 e. The number of benzene rings is 1. The monoisotopic (exact) mass is 472 g/mol. The molecule has 1 aromatic rings. The minimum atomic E-state index is -4.63. The van der Waals surface area contributed by atoms with Crippen molar-refractivity contribution in [3.63, 3.8) is 0 Å². The van der Waals surface area contributed by atoms with E-state index in [4.69, 9.17) is 4.74 Å². The van der Waals surface area contributed by atoms with Gasteiger partial charge in [-0.2, -0.15) is 13.2 Å². The lowest BCUT2D eigenvalue weighted by molar-refractivity contribution is -0.171. The Morgan fingerprint density at radius 2 is 1.73 bits per heavy atom. The van der Waals surface area contributed by atoms with Crippen LogP contribution in [-0.2, 0) is 20.9 Å².